The maximum atomic E-state index is 11.4. The fourth-order valence-corrected chi connectivity index (χ4v) is 3.52. The highest BCUT2D eigenvalue weighted by Gasteiger charge is 2.22. The summed E-state index contributed by atoms with van der Waals surface area (Å²) in [5.74, 6) is -0.0176. The molecule has 0 radical (unpaired) electrons. The Balaban J connectivity index is 2.02. The highest BCUT2D eigenvalue weighted by Crippen LogP contribution is 2.36. The Hall–Kier alpha value is -1.07. The van der Waals surface area contributed by atoms with Crippen molar-refractivity contribution >= 4 is 46.1 Å². The monoisotopic (exact) mass is 312 g/mol. The number of halogens is 2. The van der Waals surface area contributed by atoms with E-state index in [-0.39, 0.29) is 11.9 Å². The van der Waals surface area contributed by atoms with E-state index >= 15 is 0 Å². The first-order chi connectivity index (χ1) is 9.04. The van der Waals surface area contributed by atoms with Crippen LogP contribution in [0.2, 0.25) is 9.36 Å². The van der Waals surface area contributed by atoms with Crippen LogP contribution in [0.15, 0.2) is 24.3 Å². The minimum atomic E-state index is -0.328. The van der Waals surface area contributed by atoms with Crippen LogP contribution < -0.4 is 11.1 Å². The number of carbonyl (C=O) groups is 1. The van der Waals surface area contributed by atoms with E-state index in [1.54, 1.807) is 6.07 Å². The number of hydrogen-bond donors (Lipinski definition) is 2. The van der Waals surface area contributed by atoms with Gasteiger partial charge >= 0.3 is 0 Å². The Labute approximate surface area is 124 Å². The van der Waals surface area contributed by atoms with Crippen LogP contribution >= 0.6 is 34.5 Å². The normalized spacial score (nSPS) is 15.2. The standard InChI is InChI=1S/C13H10Cl2N2OS/c14-8-5-9-6(4-12(18)17-9)3-7(8)13(16)10-1-2-11(15)19-10/h1-3,5,13H,4,16H2,(H,17,18). The Morgan fingerprint density at radius 3 is 2.79 bits per heavy atom. The van der Waals surface area contributed by atoms with Crippen LogP contribution in [-0.4, -0.2) is 5.91 Å². The lowest BCUT2D eigenvalue weighted by Gasteiger charge is -2.13. The molecule has 1 atom stereocenters. The molecule has 1 aliphatic heterocycles. The molecule has 6 heteroatoms. The van der Waals surface area contributed by atoms with Gasteiger partial charge in [-0.1, -0.05) is 23.2 Å². The number of fused-ring (bicyclic) bond motifs is 1. The molecule has 0 aliphatic carbocycles. The molecule has 0 spiro atoms. The molecule has 1 unspecified atom stereocenters. The summed E-state index contributed by atoms with van der Waals surface area (Å²) >= 11 is 13.6. The maximum Gasteiger partial charge on any atom is 0.228 e. The lowest BCUT2D eigenvalue weighted by molar-refractivity contribution is -0.115. The number of amides is 1. The predicted molar refractivity (Wildman–Crippen MR) is 79.1 cm³/mol. The number of hydrogen-bond acceptors (Lipinski definition) is 3. The average Bonchev–Trinajstić information content (AvgIpc) is 2.92. The van der Waals surface area contributed by atoms with Gasteiger partial charge < -0.3 is 11.1 Å². The quantitative estimate of drug-likeness (QED) is 0.890. The van der Waals surface area contributed by atoms with Crippen molar-refractivity contribution in [1.29, 1.82) is 0 Å². The first-order valence-electron chi connectivity index (χ1n) is 5.67. The Kier molecular flexibility index (Phi) is 3.27. The van der Waals surface area contributed by atoms with E-state index < -0.39 is 0 Å². The predicted octanol–water partition coefficient (Wildman–Crippen LogP) is 3.60. The molecule has 3 nitrogen and oxygen atoms in total. The maximum absolute atomic E-state index is 11.4. The van der Waals surface area contributed by atoms with Crippen LogP contribution in [0.4, 0.5) is 5.69 Å². The summed E-state index contributed by atoms with van der Waals surface area (Å²) < 4.78 is 0.694. The lowest BCUT2D eigenvalue weighted by atomic mass is 10.0. The summed E-state index contributed by atoms with van der Waals surface area (Å²) in [5, 5.41) is 3.32. The summed E-state index contributed by atoms with van der Waals surface area (Å²) in [5.41, 5.74) is 8.74. The summed E-state index contributed by atoms with van der Waals surface area (Å²) in [6.45, 7) is 0. The van der Waals surface area contributed by atoms with Gasteiger partial charge in [-0.15, -0.1) is 11.3 Å². The van der Waals surface area contributed by atoms with Crippen LogP contribution in [0.1, 0.15) is 22.0 Å². The minimum absolute atomic E-state index is 0.0176. The number of anilines is 1. The van der Waals surface area contributed by atoms with Crippen LogP contribution in [-0.2, 0) is 11.2 Å². The molecule has 0 saturated heterocycles. The molecule has 3 N–H and O–H groups in total. The zero-order chi connectivity index (χ0) is 13.6. The fraction of sp³-hybridized carbons (Fsp3) is 0.154. The summed E-state index contributed by atoms with van der Waals surface area (Å²) in [4.78, 5) is 12.3. The SMILES string of the molecule is NC(c1ccc(Cl)s1)c1cc2c(cc1Cl)NC(=O)C2. The molecule has 3 rings (SSSR count). The van der Waals surface area contributed by atoms with Crippen molar-refractivity contribution in [3.63, 3.8) is 0 Å². The highest BCUT2D eigenvalue weighted by molar-refractivity contribution is 7.16. The van der Waals surface area contributed by atoms with Gasteiger partial charge in [0.15, 0.2) is 0 Å². The fourth-order valence-electron chi connectivity index (χ4n) is 2.15. The van der Waals surface area contributed by atoms with Crippen molar-refractivity contribution in [2.24, 2.45) is 5.73 Å². The molecule has 0 bridgehead atoms. The Bertz CT molecular complexity index is 669. The zero-order valence-electron chi connectivity index (χ0n) is 9.74. The van der Waals surface area contributed by atoms with Crippen LogP contribution in [0.3, 0.4) is 0 Å². The molecule has 0 saturated carbocycles. The first-order valence-corrected chi connectivity index (χ1v) is 7.25. The molecule has 1 aliphatic rings. The highest BCUT2D eigenvalue weighted by atomic mass is 35.5. The van der Waals surface area contributed by atoms with Crippen LogP contribution in [0, 0.1) is 0 Å². The van der Waals surface area contributed by atoms with Crippen molar-refractivity contribution < 1.29 is 4.79 Å². The van der Waals surface area contributed by atoms with Crippen molar-refractivity contribution in [2.45, 2.75) is 12.5 Å². The van der Waals surface area contributed by atoms with Gasteiger partial charge in [0.05, 0.1) is 16.8 Å². The number of benzene rings is 1. The molecule has 19 heavy (non-hydrogen) atoms. The van der Waals surface area contributed by atoms with Gasteiger partial charge in [-0.3, -0.25) is 4.79 Å². The number of nitrogens with one attached hydrogen (secondary N) is 1. The van der Waals surface area contributed by atoms with Crippen molar-refractivity contribution in [1.82, 2.24) is 0 Å². The van der Waals surface area contributed by atoms with E-state index in [0.29, 0.717) is 15.8 Å². The van der Waals surface area contributed by atoms with Gasteiger partial charge in [0.25, 0.3) is 0 Å². The molecule has 2 heterocycles. The van der Waals surface area contributed by atoms with E-state index in [1.807, 2.05) is 18.2 Å². The third kappa shape index (κ3) is 2.37. The second-order valence-electron chi connectivity index (χ2n) is 4.38. The smallest absolute Gasteiger partial charge is 0.228 e. The van der Waals surface area contributed by atoms with E-state index in [9.17, 15) is 4.79 Å². The van der Waals surface area contributed by atoms with E-state index in [4.69, 9.17) is 28.9 Å². The second kappa shape index (κ2) is 4.80. The molecule has 0 fully saturated rings. The van der Waals surface area contributed by atoms with Gasteiger partial charge in [0.1, 0.15) is 0 Å². The van der Waals surface area contributed by atoms with Gasteiger partial charge in [-0.2, -0.15) is 0 Å². The van der Waals surface area contributed by atoms with Crippen LogP contribution in [0.25, 0.3) is 0 Å². The van der Waals surface area contributed by atoms with Gasteiger partial charge in [0, 0.05) is 15.6 Å². The van der Waals surface area contributed by atoms with Gasteiger partial charge in [-0.05, 0) is 35.4 Å². The summed E-state index contributed by atoms with van der Waals surface area (Å²) in [6.07, 6.45) is 0.372. The zero-order valence-corrected chi connectivity index (χ0v) is 12.1. The minimum Gasteiger partial charge on any atom is -0.325 e. The molecule has 1 aromatic heterocycles. The average molecular weight is 313 g/mol. The van der Waals surface area contributed by atoms with Gasteiger partial charge in [-0.25, -0.2) is 0 Å². The van der Waals surface area contributed by atoms with Crippen molar-refractivity contribution in [2.75, 3.05) is 5.32 Å². The summed E-state index contributed by atoms with van der Waals surface area (Å²) in [6, 6.07) is 7.03. The van der Waals surface area contributed by atoms with Crippen molar-refractivity contribution in [3.8, 4) is 0 Å². The van der Waals surface area contributed by atoms with Crippen LogP contribution in [0.5, 0.6) is 0 Å². The van der Waals surface area contributed by atoms with E-state index in [0.717, 1.165) is 21.7 Å². The molecule has 1 amide bonds. The Morgan fingerprint density at radius 1 is 1.32 bits per heavy atom. The Morgan fingerprint density at radius 2 is 2.11 bits per heavy atom. The third-order valence-electron chi connectivity index (χ3n) is 3.08. The summed E-state index contributed by atoms with van der Waals surface area (Å²) in [7, 11) is 0. The number of rotatable bonds is 2. The largest absolute Gasteiger partial charge is 0.325 e. The second-order valence-corrected chi connectivity index (χ2v) is 6.53. The molecule has 1 aromatic carbocycles. The molecule has 98 valence electrons. The van der Waals surface area contributed by atoms with Gasteiger partial charge in [0.2, 0.25) is 5.91 Å². The van der Waals surface area contributed by atoms with Crippen molar-refractivity contribution in [3.05, 3.63) is 49.6 Å². The molecule has 2 aromatic rings. The number of thiophene rings is 1. The number of carbonyl (C=O) groups excluding carboxylic acids is 1. The number of nitrogens with two attached hydrogens (primary N) is 1. The lowest BCUT2D eigenvalue weighted by Crippen LogP contribution is -2.11. The van der Waals surface area contributed by atoms with E-state index in [2.05, 4.69) is 5.32 Å². The molecular formula is C13H10Cl2N2OS. The third-order valence-corrected chi connectivity index (χ3v) is 4.72. The molecular weight excluding hydrogens is 303 g/mol. The van der Waals surface area contributed by atoms with E-state index in [1.165, 1.54) is 11.3 Å². The first kappa shape index (κ1) is 12.9. The topological polar surface area (TPSA) is 55.1 Å².